The molecule has 0 saturated heterocycles. The van der Waals surface area contributed by atoms with Gasteiger partial charge in [0.15, 0.2) is 0 Å². The molecule has 0 rings (SSSR count). The summed E-state index contributed by atoms with van der Waals surface area (Å²) in [4.78, 5) is 19.5. The van der Waals surface area contributed by atoms with Crippen LogP contribution in [-0.4, -0.2) is 48.6 Å². The van der Waals surface area contributed by atoms with Crippen LogP contribution in [0.25, 0.3) is 0 Å². The second kappa shape index (κ2) is 11.5. The monoisotopic (exact) mass is 208 g/mol. The molecule has 0 saturated carbocycles. The lowest BCUT2D eigenvalue weighted by molar-refractivity contribution is 0.241. The number of carbonyl (C=O) groups is 2. The molecule has 0 aromatic rings. The molecule has 0 atom stereocenters. The minimum Gasteiger partial charge on any atom is -0.395 e. The molecule has 0 spiro atoms. The molecule has 0 bridgehead atoms. The number of hydrogen-bond acceptors (Lipinski definition) is 4. The van der Waals surface area contributed by atoms with Crippen LogP contribution in [0.4, 0.5) is 9.59 Å². The van der Waals surface area contributed by atoms with E-state index in [1.54, 1.807) is 0 Å². The quantitative estimate of drug-likeness (QED) is 0.297. The number of aliphatic hydroxyl groups excluding tert-OH is 2. The van der Waals surface area contributed by atoms with Gasteiger partial charge in [0.2, 0.25) is 0 Å². The zero-order valence-corrected chi connectivity index (χ0v) is 7.69. The topological polar surface area (TPSA) is 151 Å². The fraction of sp³-hybridized carbons (Fsp3) is 0.667. The van der Waals surface area contributed by atoms with Gasteiger partial charge in [-0.15, -0.1) is 0 Å². The Hall–Kier alpha value is -1.54. The van der Waals surface area contributed by atoms with Crippen molar-refractivity contribution in [3.8, 4) is 0 Å². The molecule has 8 heteroatoms. The van der Waals surface area contributed by atoms with Gasteiger partial charge in [-0.1, -0.05) is 0 Å². The van der Waals surface area contributed by atoms with Gasteiger partial charge in [-0.2, -0.15) is 0 Å². The van der Waals surface area contributed by atoms with Crippen molar-refractivity contribution in [1.82, 2.24) is 10.6 Å². The van der Waals surface area contributed by atoms with Gasteiger partial charge in [0, 0.05) is 13.1 Å². The number of aliphatic hydroxyl groups is 2. The van der Waals surface area contributed by atoms with Gasteiger partial charge in [-0.25, -0.2) is 9.59 Å². The van der Waals surface area contributed by atoms with Crippen molar-refractivity contribution < 1.29 is 19.8 Å². The molecule has 0 radical (unpaired) electrons. The zero-order valence-electron chi connectivity index (χ0n) is 7.69. The first kappa shape index (κ1) is 15.0. The largest absolute Gasteiger partial charge is 0.395 e. The van der Waals surface area contributed by atoms with Crippen molar-refractivity contribution in [1.29, 1.82) is 0 Å². The van der Waals surface area contributed by atoms with Crippen molar-refractivity contribution in [2.75, 3.05) is 26.3 Å². The van der Waals surface area contributed by atoms with E-state index in [4.69, 9.17) is 10.2 Å². The van der Waals surface area contributed by atoms with Gasteiger partial charge in [0.25, 0.3) is 0 Å². The first-order valence-corrected chi connectivity index (χ1v) is 3.83. The molecule has 0 unspecified atom stereocenters. The third-order valence-electron chi connectivity index (χ3n) is 0.822. The number of primary amides is 2. The summed E-state index contributed by atoms with van der Waals surface area (Å²) in [5, 5.41) is 20.5. The normalized spacial score (nSPS) is 8.14. The maximum atomic E-state index is 9.76. The minimum absolute atomic E-state index is 0.0665. The summed E-state index contributed by atoms with van der Waals surface area (Å²) in [6.45, 7) is 0.330. The van der Waals surface area contributed by atoms with Crippen LogP contribution in [0.1, 0.15) is 0 Å². The number of urea groups is 2. The fourth-order valence-corrected chi connectivity index (χ4v) is 0.358. The number of carbonyl (C=O) groups excluding carboxylic acids is 2. The van der Waals surface area contributed by atoms with Crippen molar-refractivity contribution in [3.63, 3.8) is 0 Å². The summed E-state index contributed by atoms with van der Waals surface area (Å²) in [5.41, 5.74) is 9.23. The van der Waals surface area contributed by atoms with Gasteiger partial charge < -0.3 is 32.3 Å². The van der Waals surface area contributed by atoms with Gasteiger partial charge in [0.1, 0.15) is 0 Å². The average Bonchev–Trinajstić information content (AvgIpc) is 2.12. The maximum Gasteiger partial charge on any atom is 0.312 e. The molecule has 0 aliphatic rings. The molecular formula is C6H16N4O4. The summed E-state index contributed by atoms with van der Waals surface area (Å²) < 4.78 is 0. The van der Waals surface area contributed by atoms with Crippen LogP contribution in [0, 0.1) is 0 Å². The number of nitrogens with one attached hydrogen (secondary N) is 2. The summed E-state index contributed by atoms with van der Waals surface area (Å²) in [5.74, 6) is 0. The molecule has 14 heavy (non-hydrogen) atoms. The lowest BCUT2D eigenvalue weighted by Gasteiger charge is -1.92. The van der Waals surface area contributed by atoms with Crippen LogP contribution in [0.15, 0.2) is 0 Å². The van der Waals surface area contributed by atoms with Gasteiger partial charge in [0.05, 0.1) is 13.2 Å². The van der Waals surface area contributed by atoms with Crippen LogP contribution >= 0.6 is 0 Å². The Balaban J connectivity index is 0. The van der Waals surface area contributed by atoms with E-state index >= 15 is 0 Å². The smallest absolute Gasteiger partial charge is 0.312 e. The summed E-state index contributed by atoms with van der Waals surface area (Å²) in [7, 11) is 0. The number of amides is 4. The molecular weight excluding hydrogens is 192 g/mol. The van der Waals surface area contributed by atoms with E-state index in [-0.39, 0.29) is 26.3 Å². The molecule has 0 aromatic heterocycles. The Bertz CT molecular complexity index is 146. The Kier molecular flexibility index (Phi) is 12.2. The third-order valence-corrected chi connectivity index (χ3v) is 0.822. The van der Waals surface area contributed by atoms with E-state index in [0.717, 1.165) is 0 Å². The average molecular weight is 208 g/mol. The second-order valence-corrected chi connectivity index (χ2v) is 2.03. The zero-order chi connectivity index (χ0) is 11.4. The van der Waals surface area contributed by atoms with E-state index in [0.29, 0.717) is 0 Å². The molecule has 0 heterocycles. The predicted molar refractivity (Wildman–Crippen MR) is 49.3 cm³/mol. The minimum atomic E-state index is -0.603. The predicted octanol–water partition coefficient (Wildman–Crippen LogP) is -2.71. The molecule has 0 aliphatic carbocycles. The SMILES string of the molecule is NC(=O)NCCO.NC(=O)NCCO. The standard InChI is InChI=1S/2C3H8N2O2/c2*4-3(7)5-1-2-6/h2*6H,1-2H2,(H3,4,5,7). The van der Waals surface area contributed by atoms with Gasteiger partial charge >= 0.3 is 12.1 Å². The molecule has 0 aliphatic heterocycles. The van der Waals surface area contributed by atoms with Crippen LogP contribution < -0.4 is 22.1 Å². The molecule has 0 fully saturated rings. The molecule has 4 amide bonds. The van der Waals surface area contributed by atoms with E-state index in [2.05, 4.69) is 22.1 Å². The Labute approximate surface area is 81.3 Å². The van der Waals surface area contributed by atoms with Crippen LogP contribution in [0.5, 0.6) is 0 Å². The second-order valence-electron chi connectivity index (χ2n) is 2.03. The first-order chi connectivity index (χ1) is 6.54. The van der Waals surface area contributed by atoms with E-state index in [1.165, 1.54) is 0 Å². The fourth-order valence-electron chi connectivity index (χ4n) is 0.358. The lowest BCUT2D eigenvalue weighted by atomic mass is 10.7. The highest BCUT2D eigenvalue weighted by atomic mass is 16.3. The van der Waals surface area contributed by atoms with Gasteiger partial charge in [-0.05, 0) is 0 Å². The van der Waals surface area contributed by atoms with Crippen molar-refractivity contribution in [3.05, 3.63) is 0 Å². The number of nitrogens with two attached hydrogens (primary N) is 2. The highest BCUT2D eigenvalue weighted by Gasteiger charge is 1.84. The summed E-state index contributed by atoms with van der Waals surface area (Å²) in [6.07, 6.45) is 0. The highest BCUT2D eigenvalue weighted by Crippen LogP contribution is 1.53. The number of hydrogen-bond donors (Lipinski definition) is 6. The third kappa shape index (κ3) is 22.4. The Morgan fingerprint density at radius 1 is 0.929 bits per heavy atom. The van der Waals surface area contributed by atoms with Crippen molar-refractivity contribution >= 4 is 12.1 Å². The molecule has 8 nitrogen and oxygen atoms in total. The van der Waals surface area contributed by atoms with Gasteiger partial charge in [-0.3, -0.25) is 0 Å². The van der Waals surface area contributed by atoms with Crippen LogP contribution in [-0.2, 0) is 0 Å². The van der Waals surface area contributed by atoms with E-state index < -0.39 is 12.1 Å². The van der Waals surface area contributed by atoms with Crippen LogP contribution in [0.2, 0.25) is 0 Å². The van der Waals surface area contributed by atoms with E-state index in [9.17, 15) is 9.59 Å². The highest BCUT2D eigenvalue weighted by molar-refractivity contribution is 5.71. The maximum absolute atomic E-state index is 9.76. The van der Waals surface area contributed by atoms with E-state index in [1.807, 2.05) is 0 Å². The molecule has 84 valence electrons. The Morgan fingerprint density at radius 2 is 1.21 bits per heavy atom. The van der Waals surface area contributed by atoms with Crippen molar-refractivity contribution in [2.24, 2.45) is 11.5 Å². The summed E-state index contributed by atoms with van der Waals surface area (Å²) >= 11 is 0. The molecule has 8 N–H and O–H groups in total. The Morgan fingerprint density at radius 3 is 1.29 bits per heavy atom. The van der Waals surface area contributed by atoms with Crippen molar-refractivity contribution in [2.45, 2.75) is 0 Å². The number of rotatable bonds is 4. The van der Waals surface area contributed by atoms with Crippen LogP contribution in [0.3, 0.4) is 0 Å². The lowest BCUT2D eigenvalue weighted by Crippen LogP contribution is -2.31. The first-order valence-electron chi connectivity index (χ1n) is 3.83. The molecule has 0 aromatic carbocycles. The summed E-state index contributed by atoms with van der Waals surface area (Å²) in [6, 6.07) is -1.21.